The Kier molecular flexibility index (Phi) is 4.49. The van der Waals surface area contributed by atoms with Crippen molar-refractivity contribution in [1.29, 1.82) is 0 Å². The molecule has 1 saturated heterocycles. The molecule has 1 aliphatic rings. The summed E-state index contributed by atoms with van der Waals surface area (Å²) in [6, 6.07) is 9.69. The Morgan fingerprint density at radius 2 is 2.00 bits per heavy atom. The fraction of sp³-hybridized carbons (Fsp3) is 0.625. The molecule has 0 bridgehead atoms. The number of nitrogens with zero attached hydrogens (tertiary/aromatic N) is 1. The minimum Gasteiger partial charge on any atom is -0.394 e. The van der Waals surface area contributed by atoms with Gasteiger partial charge in [0.05, 0.1) is 23.9 Å². The normalized spacial score (nSPS) is 26.1. The molecule has 0 radical (unpaired) electrons. The number of aliphatic hydroxyl groups is 2. The quantitative estimate of drug-likeness (QED) is 0.874. The van der Waals surface area contributed by atoms with E-state index < -0.39 is 5.60 Å². The Labute approximate surface area is 121 Å². The van der Waals surface area contributed by atoms with E-state index >= 15 is 0 Å². The molecule has 112 valence electrons. The van der Waals surface area contributed by atoms with Crippen LogP contribution in [0.5, 0.6) is 0 Å². The molecule has 2 atom stereocenters. The van der Waals surface area contributed by atoms with Crippen LogP contribution in [0.25, 0.3) is 0 Å². The van der Waals surface area contributed by atoms with E-state index in [1.165, 1.54) is 0 Å². The summed E-state index contributed by atoms with van der Waals surface area (Å²) in [4.78, 5) is 2.16. The highest BCUT2D eigenvalue weighted by Gasteiger charge is 2.36. The number of rotatable bonds is 4. The molecule has 4 nitrogen and oxygen atoms in total. The smallest absolute Gasteiger partial charge is 0.0994 e. The van der Waals surface area contributed by atoms with E-state index in [-0.39, 0.29) is 18.3 Å². The Bertz CT molecular complexity index is 431. The molecule has 0 spiro atoms. The monoisotopic (exact) mass is 279 g/mol. The second-order valence-corrected chi connectivity index (χ2v) is 6.49. The highest BCUT2D eigenvalue weighted by atomic mass is 16.5. The van der Waals surface area contributed by atoms with E-state index in [4.69, 9.17) is 4.74 Å². The summed E-state index contributed by atoms with van der Waals surface area (Å²) in [5.41, 5.74) is -0.308. The second kappa shape index (κ2) is 5.82. The first-order valence-corrected chi connectivity index (χ1v) is 7.11. The van der Waals surface area contributed by atoms with Gasteiger partial charge in [-0.2, -0.15) is 0 Å². The van der Waals surface area contributed by atoms with Crippen LogP contribution in [0, 0.1) is 0 Å². The Hall–Kier alpha value is -0.940. The number of hydrogen-bond donors (Lipinski definition) is 2. The van der Waals surface area contributed by atoms with Crippen LogP contribution in [-0.4, -0.2) is 53.1 Å². The van der Waals surface area contributed by atoms with E-state index in [0.29, 0.717) is 13.1 Å². The first-order valence-electron chi connectivity index (χ1n) is 7.11. The van der Waals surface area contributed by atoms with Gasteiger partial charge in [-0.05, 0) is 26.3 Å². The summed E-state index contributed by atoms with van der Waals surface area (Å²) >= 11 is 0. The van der Waals surface area contributed by atoms with Crippen molar-refractivity contribution in [3.8, 4) is 0 Å². The molecule has 20 heavy (non-hydrogen) atoms. The highest BCUT2D eigenvalue weighted by Crippen LogP contribution is 2.26. The summed E-state index contributed by atoms with van der Waals surface area (Å²) in [6.45, 7) is 7.78. The van der Waals surface area contributed by atoms with Crippen molar-refractivity contribution in [2.45, 2.75) is 38.1 Å². The summed E-state index contributed by atoms with van der Waals surface area (Å²) < 4.78 is 5.80. The molecule has 1 aromatic rings. The average molecular weight is 279 g/mol. The van der Waals surface area contributed by atoms with Crippen LogP contribution in [0.4, 0.5) is 0 Å². The van der Waals surface area contributed by atoms with E-state index in [2.05, 4.69) is 4.90 Å². The largest absolute Gasteiger partial charge is 0.394 e. The maximum atomic E-state index is 10.7. The zero-order valence-electron chi connectivity index (χ0n) is 12.5. The van der Waals surface area contributed by atoms with Crippen LogP contribution >= 0.6 is 0 Å². The van der Waals surface area contributed by atoms with Gasteiger partial charge in [-0.25, -0.2) is 0 Å². The predicted molar refractivity (Wildman–Crippen MR) is 78.5 cm³/mol. The molecule has 0 aliphatic carbocycles. The molecular formula is C16H25NO3. The Morgan fingerprint density at radius 3 is 2.60 bits per heavy atom. The zero-order chi connectivity index (χ0) is 14.8. The lowest BCUT2D eigenvalue weighted by atomic mass is 9.94. The minimum absolute atomic E-state index is 0.00735. The van der Waals surface area contributed by atoms with Crippen LogP contribution in [0.1, 0.15) is 26.3 Å². The van der Waals surface area contributed by atoms with Crippen LogP contribution < -0.4 is 0 Å². The van der Waals surface area contributed by atoms with Gasteiger partial charge in [0.2, 0.25) is 0 Å². The maximum absolute atomic E-state index is 10.7. The third kappa shape index (κ3) is 3.79. The fourth-order valence-electron chi connectivity index (χ4n) is 2.96. The molecule has 2 rings (SSSR count). The molecule has 1 heterocycles. The van der Waals surface area contributed by atoms with Crippen molar-refractivity contribution in [2.75, 3.05) is 26.2 Å². The number of aliphatic hydroxyl groups excluding tert-OH is 1. The first kappa shape index (κ1) is 15.4. The van der Waals surface area contributed by atoms with Crippen molar-refractivity contribution in [3.05, 3.63) is 35.9 Å². The van der Waals surface area contributed by atoms with E-state index in [1.54, 1.807) is 0 Å². The predicted octanol–water partition coefficient (Wildman–Crippen LogP) is 1.37. The van der Waals surface area contributed by atoms with E-state index in [9.17, 15) is 10.2 Å². The van der Waals surface area contributed by atoms with Gasteiger partial charge in [-0.1, -0.05) is 30.3 Å². The van der Waals surface area contributed by atoms with Crippen molar-refractivity contribution < 1.29 is 14.9 Å². The molecule has 1 aliphatic heterocycles. The molecule has 0 amide bonds. The molecule has 0 aromatic heterocycles. The number of benzene rings is 1. The lowest BCUT2D eigenvalue weighted by molar-refractivity contribution is -0.158. The van der Waals surface area contributed by atoms with Crippen LogP contribution in [0.3, 0.4) is 0 Å². The summed E-state index contributed by atoms with van der Waals surface area (Å²) in [7, 11) is 0. The van der Waals surface area contributed by atoms with Gasteiger partial charge in [0.1, 0.15) is 0 Å². The van der Waals surface area contributed by atoms with Gasteiger partial charge in [0, 0.05) is 19.6 Å². The Balaban J connectivity index is 2.08. The van der Waals surface area contributed by atoms with Crippen molar-refractivity contribution in [1.82, 2.24) is 4.90 Å². The first-order chi connectivity index (χ1) is 9.32. The molecule has 4 heteroatoms. The average Bonchev–Trinajstić information content (AvgIpc) is 2.37. The van der Waals surface area contributed by atoms with E-state index in [0.717, 1.165) is 12.1 Å². The van der Waals surface area contributed by atoms with Gasteiger partial charge in [0.15, 0.2) is 0 Å². The van der Waals surface area contributed by atoms with Crippen LogP contribution in [0.15, 0.2) is 30.3 Å². The van der Waals surface area contributed by atoms with Crippen molar-refractivity contribution in [3.63, 3.8) is 0 Å². The second-order valence-electron chi connectivity index (χ2n) is 6.49. The van der Waals surface area contributed by atoms with E-state index in [1.807, 2.05) is 51.1 Å². The van der Waals surface area contributed by atoms with Gasteiger partial charge < -0.3 is 14.9 Å². The van der Waals surface area contributed by atoms with Gasteiger partial charge >= 0.3 is 0 Å². The number of ether oxygens (including phenoxy) is 1. The minimum atomic E-state index is -0.908. The molecule has 0 saturated carbocycles. The van der Waals surface area contributed by atoms with Crippen molar-refractivity contribution in [2.24, 2.45) is 0 Å². The number of hydrogen-bond acceptors (Lipinski definition) is 4. The fourth-order valence-corrected chi connectivity index (χ4v) is 2.96. The third-order valence-electron chi connectivity index (χ3n) is 3.68. The van der Waals surface area contributed by atoms with Crippen LogP contribution in [0.2, 0.25) is 0 Å². The number of β-amino-alcohol motifs (C(OH)–C–C–N with tert-alkyl or cyclic N) is 1. The topological polar surface area (TPSA) is 52.9 Å². The van der Waals surface area contributed by atoms with Crippen molar-refractivity contribution >= 4 is 0 Å². The summed E-state index contributed by atoms with van der Waals surface area (Å²) in [6.07, 6.45) is -0.190. The maximum Gasteiger partial charge on any atom is 0.0994 e. The van der Waals surface area contributed by atoms with Gasteiger partial charge in [-0.3, -0.25) is 4.90 Å². The summed E-state index contributed by atoms with van der Waals surface area (Å²) in [5, 5.41) is 20.1. The standard InChI is InChI=1S/C16H25NO3/c1-15(2)11-17(9-14(10-18)20-15)12-16(3,19)13-7-5-4-6-8-13/h4-8,14,18-19H,9-12H2,1-3H3. The summed E-state index contributed by atoms with van der Waals surface area (Å²) in [5.74, 6) is 0. The highest BCUT2D eigenvalue weighted by molar-refractivity contribution is 5.21. The SMILES string of the molecule is CC1(C)CN(CC(C)(O)c2ccccc2)CC(CO)O1. The van der Waals surface area contributed by atoms with Crippen LogP contribution in [-0.2, 0) is 10.3 Å². The zero-order valence-corrected chi connectivity index (χ0v) is 12.5. The third-order valence-corrected chi connectivity index (χ3v) is 3.68. The van der Waals surface area contributed by atoms with Gasteiger partial charge in [0.25, 0.3) is 0 Å². The molecule has 1 aromatic carbocycles. The molecular weight excluding hydrogens is 254 g/mol. The molecule has 2 unspecified atom stereocenters. The number of morpholine rings is 1. The molecule has 2 N–H and O–H groups in total. The van der Waals surface area contributed by atoms with Gasteiger partial charge in [-0.15, -0.1) is 0 Å². The lowest BCUT2D eigenvalue weighted by Gasteiger charge is -2.44. The lowest BCUT2D eigenvalue weighted by Crippen LogP contribution is -2.56. The molecule has 1 fully saturated rings. The Morgan fingerprint density at radius 1 is 1.35 bits per heavy atom.